The minimum Gasteiger partial charge on any atom is -0.493 e. The van der Waals surface area contributed by atoms with E-state index in [1.807, 2.05) is 42.5 Å². The molecule has 0 aliphatic rings. The summed E-state index contributed by atoms with van der Waals surface area (Å²) in [5.41, 5.74) is 2.69. The van der Waals surface area contributed by atoms with Crippen LogP contribution in [0.25, 0.3) is 11.3 Å². The van der Waals surface area contributed by atoms with Crippen molar-refractivity contribution in [2.75, 3.05) is 37.9 Å². The largest absolute Gasteiger partial charge is 0.493 e. The van der Waals surface area contributed by atoms with E-state index >= 15 is 0 Å². The van der Waals surface area contributed by atoms with Crippen LogP contribution in [0.3, 0.4) is 0 Å². The molecule has 0 unspecified atom stereocenters. The van der Waals surface area contributed by atoms with Gasteiger partial charge < -0.3 is 30.2 Å². The van der Waals surface area contributed by atoms with Gasteiger partial charge in [0, 0.05) is 37.0 Å². The molecule has 0 fully saturated rings. The first-order valence-electron chi connectivity index (χ1n) is 12.3. The van der Waals surface area contributed by atoms with Gasteiger partial charge in [0.1, 0.15) is 5.60 Å². The highest BCUT2D eigenvalue weighted by Crippen LogP contribution is 2.27. The number of amides is 2. The lowest BCUT2D eigenvalue weighted by molar-refractivity contribution is -0.116. The molecule has 3 rings (SSSR count). The first-order chi connectivity index (χ1) is 18.2. The molecule has 0 saturated carbocycles. The van der Waals surface area contributed by atoms with Crippen LogP contribution in [0, 0.1) is 0 Å². The van der Waals surface area contributed by atoms with E-state index in [-0.39, 0.29) is 18.9 Å². The Morgan fingerprint density at radius 3 is 2.47 bits per heavy atom. The van der Waals surface area contributed by atoms with Crippen LogP contribution in [0.1, 0.15) is 32.8 Å². The summed E-state index contributed by atoms with van der Waals surface area (Å²) in [6.45, 7) is 6.15. The molecule has 0 radical (unpaired) electrons. The Labute approximate surface area is 223 Å². The predicted molar refractivity (Wildman–Crippen MR) is 147 cm³/mol. The van der Waals surface area contributed by atoms with Crippen molar-refractivity contribution in [1.29, 1.82) is 0 Å². The summed E-state index contributed by atoms with van der Waals surface area (Å²) < 4.78 is 15.8. The molecule has 0 aliphatic carbocycles. The van der Waals surface area contributed by atoms with Crippen LogP contribution in [0.4, 0.5) is 16.4 Å². The van der Waals surface area contributed by atoms with Gasteiger partial charge >= 0.3 is 6.09 Å². The van der Waals surface area contributed by atoms with Gasteiger partial charge in [-0.15, -0.1) is 0 Å². The van der Waals surface area contributed by atoms with Crippen molar-refractivity contribution in [1.82, 2.24) is 15.3 Å². The molecule has 0 bridgehead atoms. The van der Waals surface area contributed by atoms with E-state index in [2.05, 4.69) is 25.9 Å². The minimum atomic E-state index is -0.589. The number of hydrogen-bond donors (Lipinski definition) is 3. The van der Waals surface area contributed by atoms with E-state index in [9.17, 15) is 9.59 Å². The van der Waals surface area contributed by atoms with Gasteiger partial charge in [-0.05, 0) is 63.1 Å². The normalized spacial score (nSPS) is 10.9. The van der Waals surface area contributed by atoms with Crippen LogP contribution in [0.5, 0.6) is 11.5 Å². The number of nitrogens with zero attached hydrogens (tertiary/aromatic N) is 2. The number of ether oxygens (including phenoxy) is 3. The third kappa shape index (κ3) is 8.95. The van der Waals surface area contributed by atoms with Gasteiger partial charge in [0.15, 0.2) is 11.5 Å². The summed E-state index contributed by atoms with van der Waals surface area (Å²) in [6.07, 6.45) is 2.00. The fourth-order valence-electron chi connectivity index (χ4n) is 3.53. The van der Waals surface area contributed by atoms with Crippen LogP contribution in [0.2, 0.25) is 0 Å². The molecule has 202 valence electrons. The zero-order chi connectivity index (χ0) is 27.5. The number of aromatic nitrogens is 2. The standard InChI is InChI=1S/C28H35N5O5/c1-28(2,3)38-27(35)31-16-13-25(34)32-21-8-6-7-20(18-21)22-12-15-30-26(33-22)29-14-11-19-9-10-23(36-4)24(17-19)37-5/h6-10,12,15,17-18H,11,13-14,16H2,1-5H3,(H,31,35)(H,32,34)(H,29,30,33). The molecule has 0 atom stereocenters. The SMILES string of the molecule is COc1ccc(CCNc2nccc(-c3cccc(NC(=O)CCNC(=O)OC(C)(C)C)c3)n2)cc1OC. The average molecular weight is 522 g/mol. The van der Waals surface area contributed by atoms with E-state index in [0.29, 0.717) is 29.7 Å². The first kappa shape index (κ1) is 28.2. The number of benzene rings is 2. The maximum absolute atomic E-state index is 12.3. The number of hydrogen-bond acceptors (Lipinski definition) is 8. The summed E-state index contributed by atoms with van der Waals surface area (Å²) in [4.78, 5) is 33.0. The molecule has 38 heavy (non-hydrogen) atoms. The number of carbonyl (C=O) groups excluding carboxylic acids is 2. The van der Waals surface area contributed by atoms with Crippen molar-refractivity contribution < 1.29 is 23.8 Å². The van der Waals surface area contributed by atoms with Crippen molar-refractivity contribution in [3.05, 3.63) is 60.3 Å². The molecule has 1 aromatic heterocycles. The predicted octanol–water partition coefficient (Wildman–Crippen LogP) is 4.67. The van der Waals surface area contributed by atoms with Crippen LogP contribution in [0.15, 0.2) is 54.7 Å². The van der Waals surface area contributed by atoms with E-state index in [0.717, 1.165) is 23.2 Å². The van der Waals surface area contributed by atoms with Crippen molar-refractivity contribution in [2.24, 2.45) is 0 Å². The fourth-order valence-corrected chi connectivity index (χ4v) is 3.53. The molecule has 0 aliphatic heterocycles. The lowest BCUT2D eigenvalue weighted by atomic mass is 10.1. The fraction of sp³-hybridized carbons (Fsp3) is 0.357. The second-order valence-electron chi connectivity index (χ2n) is 9.44. The van der Waals surface area contributed by atoms with E-state index in [4.69, 9.17) is 14.2 Å². The Morgan fingerprint density at radius 2 is 1.74 bits per heavy atom. The lowest BCUT2D eigenvalue weighted by Gasteiger charge is -2.19. The highest BCUT2D eigenvalue weighted by Gasteiger charge is 2.16. The van der Waals surface area contributed by atoms with Crippen molar-refractivity contribution >= 4 is 23.6 Å². The maximum atomic E-state index is 12.3. The summed E-state index contributed by atoms with van der Waals surface area (Å²) in [5, 5.41) is 8.68. The quantitative estimate of drug-likeness (QED) is 0.333. The minimum absolute atomic E-state index is 0.116. The number of rotatable bonds is 11. The Kier molecular flexibility index (Phi) is 9.86. The highest BCUT2D eigenvalue weighted by molar-refractivity contribution is 5.91. The van der Waals surface area contributed by atoms with Crippen molar-refractivity contribution in [3.8, 4) is 22.8 Å². The molecule has 3 N–H and O–H groups in total. The van der Waals surface area contributed by atoms with Crippen molar-refractivity contribution in [3.63, 3.8) is 0 Å². The van der Waals surface area contributed by atoms with E-state index < -0.39 is 11.7 Å². The van der Waals surface area contributed by atoms with Crippen molar-refractivity contribution in [2.45, 2.75) is 39.2 Å². The number of anilines is 2. The number of methoxy groups -OCH3 is 2. The molecule has 3 aromatic rings. The summed E-state index contributed by atoms with van der Waals surface area (Å²) in [6, 6.07) is 15.0. The monoisotopic (exact) mass is 521 g/mol. The molecule has 0 saturated heterocycles. The molecule has 1 heterocycles. The highest BCUT2D eigenvalue weighted by atomic mass is 16.6. The molecule has 0 spiro atoms. The molecule has 2 aromatic carbocycles. The number of nitrogens with one attached hydrogen (secondary N) is 3. The second kappa shape index (κ2) is 13.3. The smallest absolute Gasteiger partial charge is 0.407 e. The van der Waals surface area contributed by atoms with E-state index in [1.54, 1.807) is 47.3 Å². The van der Waals surface area contributed by atoms with Crippen LogP contribution in [-0.4, -0.2) is 54.9 Å². The van der Waals surface area contributed by atoms with E-state index in [1.165, 1.54) is 0 Å². The third-order valence-corrected chi connectivity index (χ3v) is 5.26. The third-order valence-electron chi connectivity index (χ3n) is 5.26. The van der Waals surface area contributed by atoms with Gasteiger partial charge in [-0.3, -0.25) is 4.79 Å². The van der Waals surface area contributed by atoms with Gasteiger partial charge in [0.05, 0.1) is 19.9 Å². The van der Waals surface area contributed by atoms with Gasteiger partial charge in [0.2, 0.25) is 11.9 Å². The molecular weight excluding hydrogens is 486 g/mol. The van der Waals surface area contributed by atoms with Crippen LogP contribution in [-0.2, 0) is 16.0 Å². The Balaban J connectivity index is 1.53. The average Bonchev–Trinajstić information content (AvgIpc) is 2.88. The Morgan fingerprint density at radius 1 is 0.947 bits per heavy atom. The first-order valence-corrected chi connectivity index (χ1v) is 12.3. The molecule has 10 nitrogen and oxygen atoms in total. The van der Waals surface area contributed by atoms with Gasteiger partial charge in [-0.1, -0.05) is 18.2 Å². The van der Waals surface area contributed by atoms with Gasteiger partial charge in [-0.2, -0.15) is 0 Å². The summed E-state index contributed by atoms with van der Waals surface area (Å²) in [5.74, 6) is 1.66. The van der Waals surface area contributed by atoms with Gasteiger partial charge in [0.25, 0.3) is 0 Å². The topological polar surface area (TPSA) is 124 Å². The maximum Gasteiger partial charge on any atom is 0.407 e. The Hall–Kier alpha value is -4.34. The van der Waals surface area contributed by atoms with Crippen LogP contribution < -0.4 is 25.4 Å². The van der Waals surface area contributed by atoms with Gasteiger partial charge in [-0.25, -0.2) is 14.8 Å². The zero-order valence-electron chi connectivity index (χ0n) is 22.5. The Bertz CT molecular complexity index is 1240. The van der Waals surface area contributed by atoms with Crippen LogP contribution >= 0.6 is 0 Å². The molecule has 2 amide bonds. The zero-order valence-corrected chi connectivity index (χ0v) is 22.5. The summed E-state index contributed by atoms with van der Waals surface area (Å²) >= 11 is 0. The number of carbonyl (C=O) groups is 2. The lowest BCUT2D eigenvalue weighted by Crippen LogP contribution is -2.34. The molecule has 10 heteroatoms. The number of alkyl carbamates (subject to hydrolysis) is 1. The molecular formula is C28H35N5O5. The second-order valence-corrected chi connectivity index (χ2v) is 9.44. The summed E-state index contributed by atoms with van der Waals surface area (Å²) in [7, 11) is 3.23.